The Morgan fingerprint density at radius 3 is 2.86 bits per heavy atom. The fourth-order valence-corrected chi connectivity index (χ4v) is 3.49. The average Bonchev–Trinajstić information content (AvgIpc) is 2.46. The van der Waals surface area contributed by atoms with Gasteiger partial charge in [-0.25, -0.2) is 0 Å². The highest BCUT2D eigenvalue weighted by atomic mass is 16.5. The van der Waals surface area contributed by atoms with Crippen molar-refractivity contribution in [1.29, 1.82) is 5.26 Å². The number of ether oxygens (including phenoxy) is 1. The Labute approximate surface area is 127 Å². The number of hydrogen-bond acceptors (Lipinski definition) is 4. The first kappa shape index (κ1) is 16.3. The highest BCUT2D eigenvalue weighted by Crippen LogP contribution is 2.33. The van der Waals surface area contributed by atoms with Crippen LogP contribution in [0.15, 0.2) is 0 Å². The third-order valence-corrected chi connectivity index (χ3v) is 4.57. The Kier molecular flexibility index (Phi) is 5.60. The van der Waals surface area contributed by atoms with Crippen LogP contribution in [-0.4, -0.2) is 48.7 Å². The summed E-state index contributed by atoms with van der Waals surface area (Å²) < 4.78 is 5.52. The van der Waals surface area contributed by atoms with Crippen molar-refractivity contribution in [2.45, 2.75) is 58.2 Å². The molecule has 1 N–H and O–H groups in total. The number of hydrogen-bond donors (Lipinski definition) is 1. The smallest absolute Gasteiger partial charge is 0.239 e. The number of morpholine rings is 1. The number of carbonyl (C=O) groups excluding carboxylic acids is 1. The molecule has 1 aliphatic heterocycles. The summed E-state index contributed by atoms with van der Waals surface area (Å²) in [5.74, 6) is 0.685. The van der Waals surface area contributed by atoms with E-state index in [0.717, 1.165) is 25.8 Å². The summed E-state index contributed by atoms with van der Waals surface area (Å²) in [7, 11) is 0. The van der Waals surface area contributed by atoms with E-state index in [2.05, 4.69) is 23.2 Å². The van der Waals surface area contributed by atoms with Crippen LogP contribution in [0.25, 0.3) is 0 Å². The summed E-state index contributed by atoms with van der Waals surface area (Å²) in [5, 5.41) is 12.4. The second-order valence-corrected chi connectivity index (χ2v) is 6.71. The SMILES string of the molecule is CC1CCC(C#N)C(N2CCOCC2C(=O)NC(C)C)C1. The number of carbonyl (C=O) groups is 1. The van der Waals surface area contributed by atoms with Crippen LogP contribution in [-0.2, 0) is 9.53 Å². The molecule has 5 nitrogen and oxygen atoms in total. The molecule has 0 radical (unpaired) electrons. The molecule has 2 aliphatic rings. The third-order valence-electron chi connectivity index (χ3n) is 4.57. The van der Waals surface area contributed by atoms with E-state index in [0.29, 0.717) is 19.1 Å². The molecule has 0 aromatic carbocycles. The van der Waals surface area contributed by atoms with Gasteiger partial charge >= 0.3 is 0 Å². The van der Waals surface area contributed by atoms with E-state index in [4.69, 9.17) is 4.74 Å². The molecule has 4 unspecified atom stereocenters. The second kappa shape index (κ2) is 7.24. The zero-order chi connectivity index (χ0) is 15.4. The molecule has 1 saturated carbocycles. The van der Waals surface area contributed by atoms with Crippen molar-refractivity contribution in [1.82, 2.24) is 10.2 Å². The summed E-state index contributed by atoms with van der Waals surface area (Å²) in [6.45, 7) is 7.99. The molecule has 2 rings (SSSR count). The van der Waals surface area contributed by atoms with Gasteiger partial charge in [0.05, 0.1) is 25.2 Å². The summed E-state index contributed by atoms with van der Waals surface area (Å²) >= 11 is 0. The molecule has 5 heteroatoms. The Morgan fingerprint density at radius 1 is 1.43 bits per heavy atom. The van der Waals surface area contributed by atoms with E-state index in [-0.39, 0.29) is 30.0 Å². The number of amides is 1. The molecular formula is C16H27N3O2. The molecule has 21 heavy (non-hydrogen) atoms. The molecular weight excluding hydrogens is 266 g/mol. The number of nitrogens with zero attached hydrogens (tertiary/aromatic N) is 2. The van der Waals surface area contributed by atoms with Gasteiger partial charge < -0.3 is 10.1 Å². The fourth-order valence-electron chi connectivity index (χ4n) is 3.49. The van der Waals surface area contributed by atoms with Crippen LogP contribution in [0.4, 0.5) is 0 Å². The van der Waals surface area contributed by atoms with Gasteiger partial charge in [0, 0.05) is 18.6 Å². The lowest BCUT2D eigenvalue weighted by atomic mass is 9.78. The van der Waals surface area contributed by atoms with Gasteiger partial charge in [-0.15, -0.1) is 0 Å². The summed E-state index contributed by atoms with van der Waals surface area (Å²) in [6.07, 6.45) is 3.06. The lowest BCUT2D eigenvalue weighted by molar-refractivity contribution is -0.137. The minimum atomic E-state index is -0.257. The molecule has 118 valence electrons. The largest absolute Gasteiger partial charge is 0.378 e. The Bertz CT molecular complexity index is 405. The molecule has 1 saturated heterocycles. The maximum Gasteiger partial charge on any atom is 0.239 e. The normalized spacial score (nSPS) is 34.4. The monoisotopic (exact) mass is 293 g/mol. The quantitative estimate of drug-likeness (QED) is 0.857. The van der Waals surface area contributed by atoms with Gasteiger partial charge in [-0.05, 0) is 39.0 Å². The van der Waals surface area contributed by atoms with Gasteiger partial charge in [-0.2, -0.15) is 5.26 Å². The minimum Gasteiger partial charge on any atom is -0.378 e. The maximum atomic E-state index is 12.4. The molecule has 0 spiro atoms. The second-order valence-electron chi connectivity index (χ2n) is 6.71. The van der Waals surface area contributed by atoms with Crippen molar-refractivity contribution < 1.29 is 9.53 Å². The first-order valence-corrected chi connectivity index (χ1v) is 8.06. The number of nitriles is 1. The predicted octanol–water partition coefficient (Wildman–Crippen LogP) is 1.54. The van der Waals surface area contributed by atoms with Gasteiger partial charge in [-0.1, -0.05) is 6.92 Å². The van der Waals surface area contributed by atoms with Crippen LogP contribution in [0, 0.1) is 23.2 Å². The Morgan fingerprint density at radius 2 is 2.19 bits per heavy atom. The standard InChI is InChI=1S/C16H27N3O2/c1-11(2)18-16(20)15-10-21-7-6-19(15)14-8-12(3)4-5-13(14)9-17/h11-15H,4-8,10H2,1-3H3,(H,18,20). The summed E-state index contributed by atoms with van der Waals surface area (Å²) in [4.78, 5) is 14.6. The van der Waals surface area contributed by atoms with Crippen molar-refractivity contribution in [2.24, 2.45) is 11.8 Å². The highest BCUT2D eigenvalue weighted by Gasteiger charge is 2.40. The van der Waals surface area contributed by atoms with E-state index in [1.165, 1.54) is 0 Å². The summed E-state index contributed by atoms with van der Waals surface area (Å²) in [6, 6.07) is 2.51. The van der Waals surface area contributed by atoms with Gasteiger partial charge in [0.1, 0.15) is 6.04 Å². The number of rotatable bonds is 3. The first-order chi connectivity index (χ1) is 10.0. The van der Waals surface area contributed by atoms with Crippen LogP contribution in [0.3, 0.4) is 0 Å². The molecule has 0 aromatic heterocycles. The van der Waals surface area contributed by atoms with Crippen molar-refractivity contribution in [3.8, 4) is 6.07 Å². The zero-order valence-corrected chi connectivity index (χ0v) is 13.3. The highest BCUT2D eigenvalue weighted by molar-refractivity contribution is 5.82. The van der Waals surface area contributed by atoms with Gasteiger partial charge in [0.15, 0.2) is 0 Å². The third kappa shape index (κ3) is 3.96. The van der Waals surface area contributed by atoms with Crippen molar-refractivity contribution in [3.05, 3.63) is 0 Å². The Hall–Kier alpha value is -1.12. The van der Waals surface area contributed by atoms with Crippen LogP contribution in [0.5, 0.6) is 0 Å². The van der Waals surface area contributed by atoms with E-state index < -0.39 is 0 Å². The Balaban J connectivity index is 2.13. The van der Waals surface area contributed by atoms with Gasteiger partial charge in [0.25, 0.3) is 0 Å². The van der Waals surface area contributed by atoms with Crippen molar-refractivity contribution in [2.75, 3.05) is 19.8 Å². The predicted molar refractivity (Wildman–Crippen MR) is 80.5 cm³/mol. The van der Waals surface area contributed by atoms with Crippen LogP contribution < -0.4 is 5.32 Å². The van der Waals surface area contributed by atoms with Gasteiger partial charge in [-0.3, -0.25) is 9.69 Å². The molecule has 2 fully saturated rings. The fraction of sp³-hybridized carbons (Fsp3) is 0.875. The molecule has 0 aromatic rings. The minimum absolute atomic E-state index is 0.0274. The van der Waals surface area contributed by atoms with E-state index in [1.807, 2.05) is 13.8 Å². The molecule has 1 amide bonds. The number of nitrogens with one attached hydrogen (secondary N) is 1. The molecule has 1 heterocycles. The van der Waals surface area contributed by atoms with Crippen LogP contribution in [0.2, 0.25) is 0 Å². The van der Waals surface area contributed by atoms with Crippen LogP contribution in [0.1, 0.15) is 40.0 Å². The molecule has 4 atom stereocenters. The molecule has 1 aliphatic carbocycles. The average molecular weight is 293 g/mol. The topological polar surface area (TPSA) is 65.4 Å². The van der Waals surface area contributed by atoms with Crippen molar-refractivity contribution in [3.63, 3.8) is 0 Å². The zero-order valence-electron chi connectivity index (χ0n) is 13.3. The summed E-state index contributed by atoms with van der Waals surface area (Å²) in [5.41, 5.74) is 0. The van der Waals surface area contributed by atoms with Crippen molar-refractivity contribution >= 4 is 5.91 Å². The lowest BCUT2D eigenvalue weighted by Gasteiger charge is -2.44. The first-order valence-electron chi connectivity index (χ1n) is 8.06. The van der Waals surface area contributed by atoms with E-state index in [9.17, 15) is 10.1 Å². The maximum absolute atomic E-state index is 12.4. The molecule has 0 bridgehead atoms. The van der Waals surface area contributed by atoms with E-state index in [1.54, 1.807) is 0 Å². The van der Waals surface area contributed by atoms with Crippen LogP contribution >= 0.6 is 0 Å². The lowest BCUT2D eigenvalue weighted by Crippen LogP contribution is -2.60. The van der Waals surface area contributed by atoms with E-state index >= 15 is 0 Å². The van der Waals surface area contributed by atoms with Gasteiger partial charge in [0.2, 0.25) is 5.91 Å².